The van der Waals surface area contributed by atoms with Crippen LogP contribution in [0.5, 0.6) is 0 Å². The summed E-state index contributed by atoms with van der Waals surface area (Å²) < 4.78 is 29.5. The molecule has 0 bridgehead atoms. The Morgan fingerprint density at radius 3 is 2.27 bits per heavy atom. The molecule has 33 heavy (non-hydrogen) atoms. The van der Waals surface area contributed by atoms with Crippen molar-refractivity contribution in [2.75, 3.05) is 0 Å². The molecule has 1 amide bonds. The van der Waals surface area contributed by atoms with Gasteiger partial charge >= 0.3 is 0 Å². The summed E-state index contributed by atoms with van der Waals surface area (Å²) in [4.78, 5) is 17.4. The Balaban J connectivity index is 1.81. The number of rotatable bonds is 5. The molecule has 0 radical (unpaired) electrons. The van der Waals surface area contributed by atoms with Crippen molar-refractivity contribution in [2.24, 2.45) is 0 Å². The van der Waals surface area contributed by atoms with Crippen LogP contribution in [0.15, 0.2) is 71.8 Å². The van der Waals surface area contributed by atoms with E-state index in [0.29, 0.717) is 38.2 Å². The number of nitrogens with zero attached hydrogens (tertiary/aromatic N) is 3. The Bertz CT molecular complexity index is 1400. The number of hydrogen-bond donors (Lipinski definition) is 1. The fourth-order valence-corrected chi connectivity index (χ4v) is 5.36. The van der Waals surface area contributed by atoms with Crippen LogP contribution in [-0.4, -0.2) is 29.1 Å². The van der Waals surface area contributed by atoms with E-state index in [-0.39, 0.29) is 10.6 Å². The molecule has 4 rings (SSSR count). The second-order valence-corrected chi connectivity index (χ2v) is 9.70. The molecule has 0 saturated heterocycles. The third-order valence-electron chi connectivity index (χ3n) is 4.93. The fraction of sp³-hybridized carbons (Fsp3) is 0.0870. The van der Waals surface area contributed by atoms with Crippen molar-refractivity contribution in [1.82, 2.24) is 19.5 Å². The van der Waals surface area contributed by atoms with Gasteiger partial charge < -0.3 is 0 Å². The third kappa shape index (κ3) is 4.50. The van der Waals surface area contributed by atoms with Gasteiger partial charge in [-0.1, -0.05) is 53.5 Å². The zero-order valence-electron chi connectivity index (χ0n) is 17.6. The van der Waals surface area contributed by atoms with Gasteiger partial charge in [0.15, 0.2) is 5.69 Å². The van der Waals surface area contributed by atoms with Crippen molar-refractivity contribution >= 4 is 39.1 Å². The van der Waals surface area contributed by atoms with E-state index in [1.807, 2.05) is 0 Å². The number of nitrogens with one attached hydrogen (secondary N) is 1. The van der Waals surface area contributed by atoms with Crippen molar-refractivity contribution in [2.45, 2.75) is 18.7 Å². The van der Waals surface area contributed by atoms with E-state index in [4.69, 9.17) is 23.2 Å². The molecule has 1 N–H and O–H groups in total. The molecule has 168 valence electrons. The molecule has 0 aliphatic rings. The Labute approximate surface area is 201 Å². The highest BCUT2D eigenvalue weighted by molar-refractivity contribution is 7.90. The number of benzene rings is 2. The molecule has 0 saturated carbocycles. The van der Waals surface area contributed by atoms with Gasteiger partial charge in [0.05, 0.1) is 26.3 Å². The summed E-state index contributed by atoms with van der Waals surface area (Å²) in [6, 6.07) is 16.7. The van der Waals surface area contributed by atoms with Gasteiger partial charge in [-0.2, -0.15) is 5.10 Å². The Kier molecular flexibility index (Phi) is 6.25. The van der Waals surface area contributed by atoms with Gasteiger partial charge in [-0.3, -0.25) is 9.78 Å². The number of amides is 1. The smallest absolute Gasteiger partial charge is 0.266 e. The first-order valence-corrected chi connectivity index (χ1v) is 12.0. The van der Waals surface area contributed by atoms with E-state index in [1.54, 1.807) is 74.6 Å². The van der Waals surface area contributed by atoms with E-state index in [2.05, 4.69) is 14.8 Å². The summed E-state index contributed by atoms with van der Waals surface area (Å²) in [5.74, 6) is -0.892. The summed E-state index contributed by atoms with van der Waals surface area (Å²) in [6.07, 6.45) is 1.55. The highest BCUT2D eigenvalue weighted by Crippen LogP contribution is 2.31. The van der Waals surface area contributed by atoms with Crippen LogP contribution in [0.25, 0.3) is 17.1 Å². The molecule has 2 aromatic carbocycles. The van der Waals surface area contributed by atoms with Crippen molar-refractivity contribution in [1.29, 1.82) is 0 Å². The Morgan fingerprint density at radius 2 is 1.61 bits per heavy atom. The minimum absolute atomic E-state index is 0.0527. The summed E-state index contributed by atoms with van der Waals surface area (Å²) >= 11 is 12.7. The van der Waals surface area contributed by atoms with Gasteiger partial charge in [0.25, 0.3) is 15.9 Å². The first-order valence-electron chi connectivity index (χ1n) is 9.78. The highest BCUT2D eigenvalue weighted by Gasteiger charge is 2.26. The SMILES string of the molecule is Cc1cccc(C)c1S(=O)(=O)NC(=O)c1cc(-c2ncccc2Cl)n(-c2ccccc2Cl)n1. The maximum Gasteiger partial charge on any atom is 0.285 e. The molecule has 2 aromatic heterocycles. The number of aromatic nitrogens is 3. The zero-order chi connectivity index (χ0) is 23.8. The molecular weight excluding hydrogens is 483 g/mol. The normalized spacial score (nSPS) is 11.4. The summed E-state index contributed by atoms with van der Waals surface area (Å²) in [6.45, 7) is 3.33. The lowest BCUT2D eigenvalue weighted by Crippen LogP contribution is -2.32. The average molecular weight is 501 g/mol. The number of para-hydroxylation sites is 1. The summed E-state index contributed by atoms with van der Waals surface area (Å²) in [5, 5.41) is 5.05. The van der Waals surface area contributed by atoms with Crippen molar-refractivity contribution in [3.05, 3.63) is 93.7 Å². The van der Waals surface area contributed by atoms with Crippen molar-refractivity contribution in [3.8, 4) is 17.1 Å². The lowest BCUT2D eigenvalue weighted by atomic mass is 10.2. The lowest BCUT2D eigenvalue weighted by molar-refractivity contribution is 0.0976. The number of carbonyl (C=O) groups excluding carboxylic acids is 1. The minimum atomic E-state index is -4.13. The maximum absolute atomic E-state index is 13.0. The average Bonchev–Trinajstić information content (AvgIpc) is 3.19. The largest absolute Gasteiger partial charge is 0.285 e. The standard InChI is InChI=1S/C23H18Cl2N4O3S/c1-14-7-5-8-15(2)22(14)33(31,32)28-23(30)18-13-20(21-17(25)10-6-12-26-21)29(27-18)19-11-4-3-9-16(19)24/h3-13H,1-2H3,(H,28,30). The first kappa shape index (κ1) is 23.0. The Hall–Kier alpha value is -3.20. The molecule has 0 atom stereocenters. The number of hydrogen-bond acceptors (Lipinski definition) is 5. The fourth-order valence-electron chi connectivity index (χ4n) is 3.49. The maximum atomic E-state index is 13.0. The van der Waals surface area contributed by atoms with Crippen molar-refractivity contribution in [3.63, 3.8) is 0 Å². The van der Waals surface area contributed by atoms with Gasteiger partial charge in [-0.05, 0) is 55.3 Å². The van der Waals surface area contributed by atoms with Crippen LogP contribution in [0.1, 0.15) is 21.6 Å². The summed E-state index contributed by atoms with van der Waals surface area (Å²) in [7, 11) is -4.13. The van der Waals surface area contributed by atoms with Gasteiger partial charge in [-0.15, -0.1) is 0 Å². The van der Waals surface area contributed by atoms with Crippen LogP contribution in [0.3, 0.4) is 0 Å². The number of carbonyl (C=O) groups is 1. The Morgan fingerprint density at radius 1 is 0.939 bits per heavy atom. The van der Waals surface area contributed by atoms with E-state index in [9.17, 15) is 13.2 Å². The molecule has 0 unspecified atom stereocenters. The lowest BCUT2D eigenvalue weighted by Gasteiger charge is -2.11. The highest BCUT2D eigenvalue weighted by atomic mass is 35.5. The zero-order valence-corrected chi connectivity index (χ0v) is 19.9. The predicted octanol–water partition coefficient (Wildman–Crippen LogP) is 4.98. The van der Waals surface area contributed by atoms with Crippen LogP contribution < -0.4 is 4.72 Å². The predicted molar refractivity (Wildman–Crippen MR) is 127 cm³/mol. The van der Waals surface area contributed by atoms with Crippen LogP contribution in [0, 0.1) is 13.8 Å². The molecule has 0 aliphatic carbocycles. The molecular formula is C23H18Cl2N4O3S. The molecule has 7 nitrogen and oxygen atoms in total. The van der Waals surface area contributed by atoms with E-state index >= 15 is 0 Å². The van der Waals surface area contributed by atoms with E-state index in [1.165, 1.54) is 10.7 Å². The van der Waals surface area contributed by atoms with Gasteiger partial charge in [-0.25, -0.2) is 17.8 Å². The molecule has 0 spiro atoms. The topological polar surface area (TPSA) is 94.0 Å². The van der Waals surface area contributed by atoms with Crippen LogP contribution >= 0.6 is 23.2 Å². The van der Waals surface area contributed by atoms with Crippen molar-refractivity contribution < 1.29 is 13.2 Å². The van der Waals surface area contributed by atoms with E-state index in [0.717, 1.165) is 0 Å². The van der Waals surface area contributed by atoms with E-state index < -0.39 is 15.9 Å². The van der Waals surface area contributed by atoms with Gasteiger partial charge in [0.1, 0.15) is 5.69 Å². The van der Waals surface area contributed by atoms with Crippen LogP contribution in [0.4, 0.5) is 0 Å². The number of pyridine rings is 1. The molecule has 0 aliphatic heterocycles. The second kappa shape index (κ2) is 8.97. The van der Waals surface area contributed by atoms with Crippen LogP contribution in [0.2, 0.25) is 10.0 Å². The number of sulfonamides is 1. The third-order valence-corrected chi connectivity index (χ3v) is 7.19. The molecule has 4 aromatic rings. The van der Waals surface area contributed by atoms with Crippen LogP contribution in [-0.2, 0) is 10.0 Å². The molecule has 10 heteroatoms. The number of aryl methyl sites for hydroxylation is 2. The first-order chi connectivity index (χ1) is 15.7. The monoisotopic (exact) mass is 500 g/mol. The minimum Gasteiger partial charge on any atom is -0.266 e. The van der Waals surface area contributed by atoms with Gasteiger partial charge in [0, 0.05) is 6.20 Å². The second-order valence-electron chi connectivity index (χ2n) is 7.27. The quantitative estimate of drug-likeness (QED) is 0.417. The summed E-state index contributed by atoms with van der Waals surface area (Å²) in [5.41, 5.74) is 2.14. The number of halogens is 2. The molecule has 2 heterocycles. The molecule has 0 fully saturated rings. The van der Waals surface area contributed by atoms with Gasteiger partial charge in [0.2, 0.25) is 0 Å².